The van der Waals surface area contributed by atoms with Gasteiger partial charge in [0.25, 0.3) is 0 Å². The molecule has 5 nitrogen and oxygen atoms in total. The molecule has 0 aromatic heterocycles. The number of carbonyl (C=O) groups is 1. The van der Waals surface area contributed by atoms with Crippen molar-refractivity contribution in [3.63, 3.8) is 0 Å². The Hall–Kier alpha value is -0.650. The quantitative estimate of drug-likeness (QED) is 0.524. The minimum Gasteiger partial charge on any atom is -0.481 e. The van der Waals surface area contributed by atoms with E-state index in [2.05, 4.69) is 0 Å². The van der Waals surface area contributed by atoms with E-state index in [1.807, 2.05) is 0 Å². The van der Waals surface area contributed by atoms with E-state index in [1.165, 1.54) is 0 Å². The average Bonchev–Trinajstić information content (AvgIpc) is 2.26. The lowest BCUT2D eigenvalue weighted by molar-refractivity contribution is -0.138. The van der Waals surface area contributed by atoms with Crippen molar-refractivity contribution < 1.29 is 20.1 Å². The first kappa shape index (κ1) is 10.4. The highest BCUT2D eigenvalue weighted by molar-refractivity contribution is 5.67. The number of hydrogen-bond donors (Lipinski definition) is 3. The van der Waals surface area contributed by atoms with E-state index in [4.69, 9.17) is 10.2 Å². The predicted molar refractivity (Wildman–Crippen MR) is 45.3 cm³/mol. The van der Waals surface area contributed by atoms with Crippen LogP contribution in [-0.4, -0.2) is 58.0 Å². The molecule has 13 heavy (non-hydrogen) atoms. The summed E-state index contributed by atoms with van der Waals surface area (Å²) in [6.07, 6.45) is -0.169. The summed E-state index contributed by atoms with van der Waals surface area (Å²) in [5.74, 6) is -0.873. The lowest BCUT2D eigenvalue weighted by atomic mass is 10.1. The van der Waals surface area contributed by atoms with Gasteiger partial charge < -0.3 is 15.3 Å². The van der Waals surface area contributed by atoms with Crippen LogP contribution in [0.25, 0.3) is 0 Å². The van der Waals surface area contributed by atoms with Crippen LogP contribution in [0, 0.1) is 0 Å². The molecule has 1 fully saturated rings. The van der Waals surface area contributed by atoms with Gasteiger partial charge >= 0.3 is 5.97 Å². The fourth-order valence-corrected chi connectivity index (χ4v) is 1.82. The number of likely N-dealkylation sites (tertiary alicyclic amines) is 1. The van der Waals surface area contributed by atoms with Gasteiger partial charge in [-0.15, -0.1) is 0 Å². The summed E-state index contributed by atoms with van der Waals surface area (Å²) < 4.78 is 0. The molecule has 3 N–H and O–H groups in total. The normalized spacial score (nSPS) is 35.2. The summed E-state index contributed by atoms with van der Waals surface area (Å²) in [4.78, 5) is 12.2. The highest BCUT2D eigenvalue weighted by atomic mass is 16.4. The Morgan fingerprint density at radius 3 is 2.62 bits per heavy atom. The first-order chi connectivity index (χ1) is 6.06. The maximum absolute atomic E-state index is 10.4. The monoisotopic (exact) mass is 189 g/mol. The van der Waals surface area contributed by atoms with Crippen LogP contribution in [0.4, 0.5) is 0 Å². The Morgan fingerprint density at radius 2 is 2.23 bits per heavy atom. The molecule has 76 valence electrons. The average molecular weight is 189 g/mol. The minimum absolute atomic E-state index is 0.0179. The molecule has 0 amide bonds. The molecule has 0 spiro atoms. The van der Waals surface area contributed by atoms with E-state index in [-0.39, 0.29) is 25.1 Å². The van der Waals surface area contributed by atoms with Gasteiger partial charge in [0.2, 0.25) is 0 Å². The number of aliphatic hydroxyl groups is 2. The van der Waals surface area contributed by atoms with Crippen LogP contribution in [0.1, 0.15) is 12.8 Å². The lowest BCUT2D eigenvalue weighted by Gasteiger charge is -2.23. The smallest absolute Gasteiger partial charge is 0.304 e. The van der Waals surface area contributed by atoms with Gasteiger partial charge in [0.1, 0.15) is 0 Å². The topological polar surface area (TPSA) is 81.0 Å². The summed E-state index contributed by atoms with van der Waals surface area (Å²) in [5.41, 5.74) is 0. The van der Waals surface area contributed by atoms with Crippen LogP contribution in [0.15, 0.2) is 0 Å². The van der Waals surface area contributed by atoms with Crippen LogP contribution in [0.3, 0.4) is 0 Å². The molecule has 5 heteroatoms. The fraction of sp³-hybridized carbons (Fsp3) is 0.875. The first-order valence-corrected chi connectivity index (χ1v) is 4.29. The van der Waals surface area contributed by atoms with Crippen LogP contribution in [0.2, 0.25) is 0 Å². The van der Waals surface area contributed by atoms with Crippen molar-refractivity contribution >= 4 is 5.97 Å². The second kappa shape index (κ2) is 4.04. The number of aliphatic carboxylic acids is 1. The third-order valence-corrected chi connectivity index (χ3v) is 2.65. The van der Waals surface area contributed by atoms with Gasteiger partial charge in [0.15, 0.2) is 0 Å². The van der Waals surface area contributed by atoms with Gasteiger partial charge in [-0.3, -0.25) is 9.69 Å². The Bertz CT molecular complexity index is 197. The first-order valence-electron chi connectivity index (χ1n) is 4.29. The van der Waals surface area contributed by atoms with E-state index in [1.54, 1.807) is 11.9 Å². The molecule has 0 aromatic rings. The van der Waals surface area contributed by atoms with Crippen LogP contribution in [-0.2, 0) is 4.79 Å². The lowest BCUT2D eigenvalue weighted by Crippen LogP contribution is -2.38. The zero-order valence-corrected chi connectivity index (χ0v) is 7.55. The second-order valence-corrected chi connectivity index (χ2v) is 3.47. The zero-order valence-electron chi connectivity index (χ0n) is 7.55. The molecule has 0 aromatic carbocycles. The SMILES string of the molecule is CN1C(CC(=O)O)CC(O)C1CO. The molecular weight excluding hydrogens is 174 g/mol. The summed E-state index contributed by atoms with van der Waals surface area (Å²) in [7, 11) is 1.73. The number of carboxylic acid groups (broad SMARTS) is 1. The number of aliphatic hydroxyl groups excluding tert-OH is 2. The van der Waals surface area contributed by atoms with Crippen LogP contribution < -0.4 is 0 Å². The molecule has 3 atom stereocenters. The summed E-state index contributed by atoms with van der Waals surface area (Å²) in [6, 6.07) is -0.478. The van der Waals surface area contributed by atoms with Crippen molar-refractivity contribution in [3.05, 3.63) is 0 Å². The van der Waals surface area contributed by atoms with Crippen molar-refractivity contribution in [1.82, 2.24) is 4.90 Å². The highest BCUT2D eigenvalue weighted by Crippen LogP contribution is 2.24. The number of likely N-dealkylation sites (N-methyl/N-ethyl adjacent to an activating group) is 1. The van der Waals surface area contributed by atoms with E-state index in [9.17, 15) is 9.90 Å². The van der Waals surface area contributed by atoms with E-state index >= 15 is 0 Å². The molecule has 0 saturated carbocycles. The molecule has 3 unspecified atom stereocenters. The van der Waals surface area contributed by atoms with Crippen molar-refractivity contribution in [2.75, 3.05) is 13.7 Å². The van der Waals surface area contributed by atoms with Gasteiger partial charge in [0, 0.05) is 6.04 Å². The molecule has 1 heterocycles. The van der Waals surface area contributed by atoms with Crippen molar-refractivity contribution in [3.8, 4) is 0 Å². The Kier molecular flexibility index (Phi) is 3.24. The maximum atomic E-state index is 10.4. The molecule has 1 saturated heterocycles. The number of carboxylic acids is 1. The Morgan fingerprint density at radius 1 is 1.62 bits per heavy atom. The van der Waals surface area contributed by atoms with Gasteiger partial charge in [0.05, 0.1) is 25.2 Å². The largest absolute Gasteiger partial charge is 0.481 e. The maximum Gasteiger partial charge on any atom is 0.304 e. The second-order valence-electron chi connectivity index (χ2n) is 3.47. The third kappa shape index (κ3) is 2.18. The van der Waals surface area contributed by atoms with Crippen molar-refractivity contribution in [1.29, 1.82) is 0 Å². The predicted octanol–water partition coefficient (Wildman–Crippen LogP) is -1.11. The van der Waals surface area contributed by atoms with Gasteiger partial charge in [-0.1, -0.05) is 0 Å². The molecular formula is C8H15NO4. The molecule has 1 aliphatic heterocycles. The summed E-state index contributed by atoms with van der Waals surface area (Å²) >= 11 is 0. The molecule has 1 rings (SSSR count). The minimum atomic E-state index is -0.873. The number of rotatable bonds is 3. The molecule has 1 aliphatic rings. The van der Waals surface area contributed by atoms with Gasteiger partial charge in [-0.2, -0.15) is 0 Å². The van der Waals surface area contributed by atoms with E-state index in [0.29, 0.717) is 6.42 Å². The molecule has 0 aliphatic carbocycles. The number of hydrogen-bond acceptors (Lipinski definition) is 4. The van der Waals surface area contributed by atoms with E-state index < -0.39 is 12.1 Å². The zero-order chi connectivity index (χ0) is 10.0. The third-order valence-electron chi connectivity index (χ3n) is 2.65. The fourth-order valence-electron chi connectivity index (χ4n) is 1.82. The van der Waals surface area contributed by atoms with Crippen molar-refractivity contribution in [2.24, 2.45) is 0 Å². The van der Waals surface area contributed by atoms with Crippen molar-refractivity contribution in [2.45, 2.75) is 31.0 Å². The van der Waals surface area contributed by atoms with Crippen LogP contribution in [0.5, 0.6) is 0 Å². The molecule has 0 radical (unpaired) electrons. The highest BCUT2D eigenvalue weighted by Gasteiger charge is 2.38. The Balaban J connectivity index is 2.56. The Labute approximate surface area is 76.6 Å². The van der Waals surface area contributed by atoms with Crippen LogP contribution >= 0.6 is 0 Å². The molecule has 0 bridgehead atoms. The van der Waals surface area contributed by atoms with Gasteiger partial charge in [-0.05, 0) is 13.5 Å². The van der Waals surface area contributed by atoms with Gasteiger partial charge in [-0.25, -0.2) is 0 Å². The standard InChI is InChI=1S/C8H15NO4/c1-9-5(3-8(12)13)2-7(11)6(9)4-10/h5-7,10-11H,2-4H2,1H3,(H,12,13). The number of nitrogens with zero attached hydrogens (tertiary/aromatic N) is 1. The summed E-state index contributed by atoms with van der Waals surface area (Å²) in [5, 5.41) is 26.9. The summed E-state index contributed by atoms with van der Waals surface area (Å²) in [6.45, 7) is -0.131. The van der Waals surface area contributed by atoms with E-state index in [0.717, 1.165) is 0 Å².